The van der Waals surface area contributed by atoms with Crippen LogP contribution in [0.5, 0.6) is 0 Å². The van der Waals surface area contributed by atoms with E-state index in [0.717, 1.165) is 23.5 Å². The Bertz CT molecular complexity index is 924. The van der Waals surface area contributed by atoms with E-state index in [1.54, 1.807) is 5.38 Å². The number of anilines is 3. The van der Waals surface area contributed by atoms with Gasteiger partial charge in [-0.1, -0.05) is 0 Å². The molecule has 3 aromatic rings. The lowest BCUT2D eigenvalue weighted by Crippen LogP contribution is -2.12. The molecular formula is C16H13F2N5OS. The molecule has 0 aliphatic rings. The Morgan fingerprint density at radius 2 is 1.76 bits per heavy atom. The van der Waals surface area contributed by atoms with Crippen LogP contribution in [0, 0.1) is 25.5 Å². The topological polar surface area (TPSA) is 79.8 Å². The molecule has 9 heteroatoms. The van der Waals surface area contributed by atoms with Gasteiger partial charge in [-0.25, -0.2) is 23.7 Å². The third-order valence-corrected chi connectivity index (χ3v) is 3.87. The second-order valence-electron chi connectivity index (χ2n) is 5.22. The highest BCUT2D eigenvalue weighted by Crippen LogP contribution is 2.20. The van der Waals surface area contributed by atoms with E-state index in [4.69, 9.17) is 0 Å². The van der Waals surface area contributed by atoms with Crippen molar-refractivity contribution in [2.75, 3.05) is 10.6 Å². The molecule has 2 N–H and O–H groups in total. The van der Waals surface area contributed by atoms with Gasteiger partial charge in [0.1, 0.15) is 5.69 Å². The van der Waals surface area contributed by atoms with Gasteiger partial charge in [-0.2, -0.15) is 0 Å². The van der Waals surface area contributed by atoms with Gasteiger partial charge in [0.25, 0.3) is 5.91 Å². The summed E-state index contributed by atoms with van der Waals surface area (Å²) < 4.78 is 26.1. The molecule has 2 aromatic heterocycles. The van der Waals surface area contributed by atoms with Crippen LogP contribution in [0.15, 0.2) is 29.6 Å². The van der Waals surface area contributed by atoms with Crippen LogP contribution >= 0.6 is 11.3 Å². The van der Waals surface area contributed by atoms with Crippen molar-refractivity contribution in [1.29, 1.82) is 0 Å². The molecule has 0 fully saturated rings. The number of hydrogen-bond donors (Lipinski definition) is 2. The molecule has 0 spiro atoms. The van der Waals surface area contributed by atoms with Gasteiger partial charge >= 0.3 is 0 Å². The minimum absolute atomic E-state index is 0.140. The number of carbonyl (C=O) groups excluding carboxylic acids is 1. The third-order valence-electron chi connectivity index (χ3n) is 3.12. The average Bonchev–Trinajstić information content (AvgIpc) is 2.98. The Hall–Kier alpha value is -2.94. The molecule has 1 aromatic carbocycles. The Morgan fingerprint density at radius 3 is 2.44 bits per heavy atom. The lowest BCUT2D eigenvalue weighted by molar-refractivity contribution is 0.102. The number of rotatable bonds is 4. The minimum atomic E-state index is -1.04. The summed E-state index contributed by atoms with van der Waals surface area (Å²) in [7, 11) is 0. The molecule has 0 unspecified atom stereocenters. The number of nitrogens with zero attached hydrogens (tertiary/aromatic N) is 3. The van der Waals surface area contributed by atoms with E-state index in [1.807, 2.05) is 19.9 Å². The van der Waals surface area contributed by atoms with E-state index in [1.165, 1.54) is 17.4 Å². The highest BCUT2D eigenvalue weighted by molar-refractivity contribution is 7.14. The number of carbonyl (C=O) groups is 1. The number of benzene rings is 1. The molecule has 0 radical (unpaired) electrons. The van der Waals surface area contributed by atoms with Gasteiger partial charge in [0, 0.05) is 28.5 Å². The van der Waals surface area contributed by atoms with Crippen molar-refractivity contribution in [3.05, 3.63) is 58.4 Å². The van der Waals surface area contributed by atoms with Crippen LogP contribution in [0.1, 0.15) is 21.9 Å². The van der Waals surface area contributed by atoms with Gasteiger partial charge in [-0.3, -0.25) is 4.79 Å². The standard InChI is InChI=1S/C16H13F2N5OS/c1-8-5-9(2)20-15(19-8)23-16-22-13(7-25-16)14(24)21-10-3-4-11(17)12(18)6-10/h3-7H,1-2H3,(H,21,24)(H,19,20,22,23). The zero-order valence-corrected chi connectivity index (χ0v) is 14.1. The van der Waals surface area contributed by atoms with Crippen molar-refractivity contribution < 1.29 is 13.6 Å². The highest BCUT2D eigenvalue weighted by Gasteiger charge is 2.13. The zero-order chi connectivity index (χ0) is 18.0. The monoisotopic (exact) mass is 361 g/mol. The normalized spacial score (nSPS) is 10.6. The molecule has 0 atom stereocenters. The van der Waals surface area contributed by atoms with Crippen LogP contribution < -0.4 is 10.6 Å². The van der Waals surface area contributed by atoms with E-state index in [9.17, 15) is 13.6 Å². The lowest BCUT2D eigenvalue weighted by Gasteiger charge is -2.04. The molecule has 25 heavy (non-hydrogen) atoms. The summed E-state index contributed by atoms with van der Waals surface area (Å²) in [5.74, 6) is -2.16. The zero-order valence-electron chi connectivity index (χ0n) is 13.3. The van der Waals surface area contributed by atoms with Crippen LogP contribution in [-0.4, -0.2) is 20.9 Å². The first-order valence-corrected chi connectivity index (χ1v) is 8.10. The van der Waals surface area contributed by atoms with Crippen molar-refractivity contribution >= 4 is 34.0 Å². The summed E-state index contributed by atoms with van der Waals surface area (Å²) in [4.78, 5) is 24.8. The Kier molecular flexibility index (Phi) is 4.66. The van der Waals surface area contributed by atoms with Gasteiger partial charge in [0.2, 0.25) is 5.95 Å². The fraction of sp³-hybridized carbons (Fsp3) is 0.125. The number of aryl methyl sites for hydroxylation is 2. The molecule has 2 heterocycles. The first-order chi connectivity index (χ1) is 11.9. The first kappa shape index (κ1) is 16.9. The summed E-state index contributed by atoms with van der Waals surface area (Å²) in [6.07, 6.45) is 0. The number of aromatic nitrogens is 3. The van der Waals surface area contributed by atoms with Gasteiger partial charge < -0.3 is 10.6 Å². The molecule has 1 amide bonds. The van der Waals surface area contributed by atoms with Crippen molar-refractivity contribution in [2.45, 2.75) is 13.8 Å². The summed E-state index contributed by atoms with van der Waals surface area (Å²) >= 11 is 1.20. The van der Waals surface area contributed by atoms with Crippen molar-refractivity contribution in [3.8, 4) is 0 Å². The fourth-order valence-corrected chi connectivity index (χ4v) is 2.77. The third kappa shape index (κ3) is 4.13. The molecule has 0 saturated carbocycles. The van der Waals surface area contributed by atoms with Crippen LogP contribution in [-0.2, 0) is 0 Å². The van der Waals surface area contributed by atoms with Gasteiger partial charge in [0.05, 0.1) is 0 Å². The molecule has 3 rings (SSSR count). The molecule has 0 aliphatic heterocycles. The number of hydrogen-bond acceptors (Lipinski definition) is 6. The Labute approximate surface area is 146 Å². The van der Waals surface area contributed by atoms with Crippen molar-refractivity contribution in [2.24, 2.45) is 0 Å². The van der Waals surface area contributed by atoms with E-state index in [2.05, 4.69) is 25.6 Å². The van der Waals surface area contributed by atoms with Crippen molar-refractivity contribution in [3.63, 3.8) is 0 Å². The van der Waals surface area contributed by atoms with E-state index in [0.29, 0.717) is 11.1 Å². The largest absolute Gasteiger partial charge is 0.321 e. The molecule has 0 saturated heterocycles. The molecule has 6 nitrogen and oxygen atoms in total. The second kappa shape index (κ2) is 6.89. The molecule has 128 valence electrons. The summed E-state index contributed by atoms with van der Waals surface area (Å²) in [6, 6.07) is 4.96. The number of amides is 1. The number of nitrogens with one attached hydrogen (secondary N) is 2. The summed E-state index contributed by atoms with van der Waals surface area (Å²) in [5, 5.41) is 7.38. The van der Waals surface area contributed by atoms with Gasteiger partial charge in [-0.15, -0.1) is 11.3 Å². The van der Waals surface area contributed by atoms with E-state index >= 15 is 0 Å². The Morgan fingerprint density at radius 1 is 1.04 bits per heavy atom. The predicted octanol–water partition coefficient (Wildman–Crippen LogP) is 3.82. The van der Waals surface area contributed by atoms with Crippen molar-refractivity contribution in [1.82, 2.24) is 15.0 Å². The minimum Gasteiger partial charge on any atom is -0.321 e. The smallest absolute Gasteiger partial charge is 0.275 e. The lowest BCUT2D eigenvalue weighted by atomic mass is 10.3. The number of thiazole rings is 1. The molecular weight excluding hydrogens is 348 g/mol. The molecule has 0 bridgehead atoms. The average molecular weight is 361 g/mol. The SMILES string of the molecule is Cc1cc(C)nc(Nc2nc(C(=O)Nc3ccc(F)c(F)c3)cs2)n1. The van der Waals surface area contributed by atoms with Crippen LogP contribution in [0.3, 0.4) is 0 Å². The van der Waals surface area contributed by atoms with E-state index < -0.39 is 17.5 Å². The quantitative estimate of drug-likeness (QED) is 0.738. The predicted molar refractivity (Wildman–Crippen MR) is 91.2 cm³/mol. The van der Waals surface area contributed by atoms with Crippen LogP contribution in [0.4, 0.5) is 25.5 Å². The number of halogens is 2. The highest BCUT2D eigenvalue weighted by atomic mass is 32.1. The van der Waals surface area contributed by atoms with E-state index in [-0.39, 0.29) is 11.4 Å². The summed E-state index contributed by atoms with van der Waals surface area (Å²) in [6.45, 7) is 3.70. The maximum absolute atomic E-state index is 13.2. The fourth-order valence-electron chi connectivity index (χ4n) is 2.08. The summed E-state index contributed by atoms with van der Waals surface area (Å²) in [5.41, 5.74) is 1.90. The maximum atomic E-state index is 13.2. The van der Waals surface area contributed by atoms with Gasteiger partial charge in [-0.05, 0) is 32.0 Å². The van der Waals surface area contributed by atoms with Crippen LogP contribution in [0.25, 0.3) is 0 Å². The van der Waals surface area contributed by atoms with Crippen LogP contribution in [0.2, 0.25) is 0 Å². The van der Waals surface area contributed by atoms with Gasteiger partial charge in [0.15, 0.2) is 16.8 Å². The first-order valence-electron chi connectivity index (χ1n) is 7.22. The second-order valence-corrected chi connectivity index (χ2v) is 6.08. The Balaban J connectivity index is 1.71. The molecule has 0 aliphatic carbocycles. The maximum Gasteiger partial charge on any atom is 0.275 e.